The van der Waals surface area contributed by atoms with Gasteiger partial charge in [0.2, 0.25) is 0 Å². The number of imidazole rings is 1. The number of aryl methyl sites for hydroxylation is 1. The summed E-state index contributed by atoms with van der Waals surface area (Å²) in [5.41, 5.74) is 2.20. The standard InChI is InChI=1S/C15H20BrClN2/c1-3-4-5-6-9-19-14-10-12(16)7-8-13(14)18-15(19)11(2)17/h7-8,10-11H,3-6,9H2,1-2H3. The summed E-state index contributed by atoms with van der Waals surface area (Å²) in [5.74, 6) is 0.978. The molecule has 2 aromatic rings. The molecule has 0 amide bonds. The van der Waals surface area contributed by atoms with E-state index in [9.17, 15) is 0 Å². The van der Waals surface area contributed by atoms with E-state index in [0.29, 0.717) is 0 Å². The molecule has 0 aliphatic heterocycles. The highest BCUT2D eigenvalue weighted by molar-refractivity contribution is 9.10. The van der Waals surface area contributed by atoms with E-state index in [0.717, 1.165) is 22.4 Å². The van der Waals surface area contributed by atoms with Crippen LogP contribution in [0.1, 0.15) is 50.7 Å². The SMILES string of the molecule is CCCCCCn1c(C(C)Cl)nc2ccc(Br)cc21. The number of fused-ring (bicyclic) bond motifs is 1. The molecule has 1 heterocycles. The van der Waals surface area contributed by atoms with Gasteiger partial charge in [-0.05, 0) is 31.5 Å². The molecule has 2 nitrogen and oxygen atoms in total. The maximum Gasteiger partial charge on any atom is 0.127 e. The molecule has 2 rings (SSSR count). The van der Waals surface area contributed by atoms with Crippen LogP contribution < -0.4 is 0 Å². The van der Waals surface area contributed by atoms with Crippen molar-refractivity contribution in [1.29, 1.82) is 0 Å². The average Bonchev–Trinajstić information content (AvgIpc) is 2.73. The monoisotopic (exact) mass is 342 g/mol. The zero-order valence-corrected chi connectivity index (χ0v) is 13.8. The minimum atomic E-state index is -0.0580. The van der Waals surface area contributed by atoms with Gasteiger partial charge in [-0.1, -0.05) is 42.1 Å². The van der Waals surface area contributed by atoms with Crippen LogP contribution in [-0.4, -0.2) is 9.55 Å². The third kappa shape index (κ3) is 3.51. The van der Waals surface area contributed by atoms with Crippen LogP contribution in [0.5, 0.6) is 0 Å². The summed E-state index contributed by atoms with van der Waals surface area (Å²) >= 11 is 9.80. The van der Waals surface area contributed by atoms with Gasteiger partial charge in [0.1, 0.15) is 5.82 Å². The van der Waals surface area contributed by atoms with Crippen molar-refractivity contribution in [3.63, 3.8) is 0 Å². The first-order valence-electron chi connectivity index (χ1n) is 6.93. The minimum absolute atomic E-state index is 0.0580. The summed E-state index contributed by atoms with van der Waals surface area (Å²) in [7, 11) is 0. The van der Waals surface area contributed by atoms with Crippen LogP contribution in [0.2, 0.25) is 0 Å². The molecule has 4 heteroatoms. The van der Waals surface area contributed by atoms with E-state index in [2.05, 4.69) is 38.5 Å². The number of alkyl halides is 1. The lowest BCUT2D eigenvalue weighted by molar-refractivity contribution is 0.574. The molecule has 0 radical (unpaired) electrons. The van der Waals surface area contributed by atoms with Crippen LogP contribution in [-0.2, 0) is 6.54 Å². The van der Waals surface area contributed by atoms with Gasteiger partial charge >= 0.3 is 0 Å². The summed E-state index contributed by atoms with van der Waals surface area (Å²) < 4.78 is 3.36. The zero-order chi connectivity index (χ0) is 13.8. The van der Waals surface area contributed by atoms with Crippen molar-refractivity contribution in [3.8, 4) is 0 Å². The van der Waals surface area contributed by atoms with Crippen molar-refractivity contribution in [1.82, 2.24) is 9.55 Å². The number of halogens is 2. The summed E-state index contributed by atoms with van der Waals surface area (Å²) in [6, 6.07) is 6.20. The van der Waals surface area contributed by atoms with Gasteiger partial charge < -0.3 is 4.57 Å². The zero-order valence-electron chi connectivity index (χ0n) is 11.5. The fourth-order valence-electron chi connectivity index (χ4n) is 2.35. The number of nitrogens with zero attached hydrogens (tertiary/aromatic N) is 2. The molecule has 0 saturated carbocycles. The maximum absolute atomic E-state index is 6.26. The molecule has 0 N–H and O–H groups in total. The van der Waals surface area contributed by atoms with E-state index in [4.69, 9.17) is 11.6 Å². The smallest absolute Gasteiger partial charge is 0.127 e. The largest absolute Gasteiger partial charge is 0.327 e. The Bertz CT molecular complexity index is 548. The lowest BCUT2D eigenvalue weighted by atomic mass is 10.2. The first-order chi connectivity index (χ1) is 9.13. The Morgan fingerprint density at radius 2 is 2.11 bits per heavy atom. The molecule has 104 valence electrons. The van der Waals surface area contributed by atoms with Gasteiger partial charge in [0.05, 0.1) is 16.4 Å². The third-order valence-corrected chi connectivity index (χ3v) is 4.02. The normalized spacial score (nSPS) is 13.1. The second-order valence-corrected chi connectivity index (χ2v) is 6.50. The highest BCUT2D eigenvalue weighted by Crippen LogP contribution is 2.27. The Morgan fingerprint density at radius 3 is 2.79 bits per heavy atom. The Balaban J connectivity index is 2.31. The highest BCUT2D eigenvalue weighted by atomic mass is 79.9. The van der Waals surface area contributed by atoms with Gasteiger partial charge in [-0.3, -0.25) is 0 Å². The first-order valence-corrected chi connectivity index (χ1v) is 8.16. The molecule has 0 aliphatic rings. The van der Waals surface area contributed by atoms with Crippen molar-refractivity contribution in [2.45, 2.75) is 51.5 Å². The molecule has 0 saturated heterocycles. The molecule has 19 heavy (non-hydrogen) atoms. The van der Waals surface area contributed by atoms with Crippen molar-refractivity contribution < 1.29 is 0 Å². The van der Waals surface area contributed by atoms with Gasteiger partial charge in [-0.2, -0.15) is 0 Å². The van der Waals surface area contributed by atoms with E-state index < -0.39 is 0 Å². The van der Waals surface area contributed by atoms with Crippen molar-refractivity contribution in [2.75, 3.05) is 0 Å². The predicted molar refractivity (Wildman–Crippen MR) is 85.8 cm³/mol. The van der Waals surface area contributed by atoms with Crippen molar-refractivity contribution in [2.24, 2.45) is 0 Å². The fraction of sp³-hybridized carbons (Fsp3) is 0.533. The van der Waals surface area contributed by atoms with Gasteiger partial charge in [0.25, 0.3) is 0 Å². The molecule has 1 atom stereocenters. The van der Waals surface area contributed by atoms with E-state index in [1.54, 1.807) is 0 Å². The second-order valence-electron chi connectivity index (χ2n) is 4.93. The van der Waals surface area contributed by atoms with Gasteiger partial charge in [0, 0.05) is 11.0 Å². The van der Waals surface area contributed by atoms with Crippen LogP contribution >= 0.6 is 27.5 Å². The van der Waals surface area contributed by atoms with Crippen molar-refractivity contribution in [3.05, 3.63) is 28.5 Å². The topological polar surface area (TPSA) is 17.8 Å². The number of hydrogen-bond donors (Lipinski definition) is 0. The predicted octanol–water partition coefficient (Wildman–Crippen LogP) is 5.68. The number of benzene rings is 1. The Kier molecular flexibility index (Phi) is 5.28. The number of aromatic nitrogens is 2. The second kappa shape index (κ2) is 6.76. The quantitative estimate of drug-likeness (QED) is 0.487. The number of unbranched alkanes of at least 4 members (excludes halogenated alkanes) is 3. The number of hydrogen-bond acceptors (Lipinski definition) is 1. The summed E-state index contributed by atoms with van der Waals surface area (Å²) in [6.07, 6.45) is 5.00. The highest BCUT2D eigenvalue weighted by Gasteiger charge is 2.14. The minimum Gasteiger partial charge on any atom is -0.327 e. The van der Waals surface area contributed by atoms with Gasteiger partial charge in [-0.25, -0.2) is 4.98 Å². The lowest BCUT2D eigenvalue weighted by Gasteiger charge is -2.10. The molecule has 0 bridgehead atoms. The molecule has 0 aliphatic carbocycles. The Labute approximate surface area is 128 Å². The average molecular weight is 344 g/mol. The van der Waals surface area contributed by atoms with E-state index >= 15 is 0 Å². The molecule has 0 fully saturated rings. The van der Waals surface area contributed by atoms with Crippen LogP contribution in [0.25, 0.3) is 11.0 Å². The van der Waals surface area contributed by atoms with Crippen LogP contribution in [0.4, 0.5) is 0 Å². The molecular formula is C15H20BrClN2. The van der Waals surface area contributed by atoms with Gasteiger partial charge in [0.15, 0.2) is 0 Å². The molecule has 1 aromatic heterocycles. The van der Waals surface area contributed by atoms with Crippen LogP contribution in [0.3, 0.4) is 0 Å². The van der Waals surface area contributed by atoms with Gasteiger partial charge in [-0.15, -0.1) is 11.6 Å². The fourth-order valence-corrected chi connectivity index (χ4v) is 2.87. The van der Waals surface area contributed by atoms with E-state index in [-0.39, 0.29) is 5.38 Å². The molecule has 1 unspecified atom stereocenters. The van der Waals surface area contributed by atoms with Crippen LogP contribution in [0, 0.1) is 0 Å². The maximum atomic E-state index is 6.26. The third-order valence-electron chi connectivity index (χ3n) is 3.33. The lowest BCUT2D eigenvalue weighted by Crippen LogP contribution is -2.04. The van der Waals surface area contributed by atoms with E-state index in [1.807, 2.05) is 19.1 Å². The molecule has 1 aromatic carbocycles. The Morgan fingerprint density at radius 1 is 1.32 bits per heavy atom. The van der Waals surface area contributed by atoms with E-state index in [1.165, 1.54) is 31.2 Å². The summed E-state index contributed by atoms with van der Waals surface area (Å²) in [6.45, 7) is 5.22. The Hall–Kier alpha value is -0.540. The van der Waals surface area contributed by atoms with Crippen molar-refractivity contribution >= 4 is 38.6 Å². The summed E-state index contributed by atoms with van der Waals surface area (Å²) in [5, 5.41) is -0.0580. The first kappa shape index (κ1) is 14.9. The molecular weight excluding hydrogens is 324 g/mol. The summed E-state index contributed by atoms with van der Waals surface area (Å²) in [4.78, 5) is 4.66. The molecule has 0 spiro atoms. The van der Waals surface area contributed by atoms with Crippen LogP contribution in [0.15, 0.2) is 22.7 Å². The number of rotatable bonds is 6.